The van der Waals surface area contributed by atoms with Crippen LogP contribution in [0.4, 0.5) is 0 Å². The van der Waals surface area contributed by atoms with Gasteiger partial charge in [0.2, 0.25) is 0 Å². The molecule has 0 aromatic rings. The summed E-state index contributed by atoms with van der Waals surface area (Å²) in [6, 6.07) is 0. The Labute approximate surface area is 377 Å². The lowest BCUT2D eigenvalue weighted by molar-refractivity contribution is -0.346. The van der Waals surface area contributed by atoms with Crippen molar-refractivity contribution in [2.75, 3.05) is 19.8 Å². The van der Waals surface area contributed by atoms with Gasteiger partial charge in [-0.1, -0.05) is 46.3 Å². The lowest BCUT2D eigenvalue weighted by Crippen LogP contribution is -2.67. The number of aliphatic hydroxyl groups excluding tert-OH is 11. The Bertz CT molecular complexity index is 1630. The number of ether oxygens (including phenoxy) is 6. The molecule has 0 bridgehead atoms. The van der Waals surface area contributed by atoms with Gasteiger partial charge in [0.15, 0.2) is 18.9 Å². The van der Waals surface area contributed by atoms with E-state index in [-0.39, 0.29) is 52.6 Å². The highest BCUT2D eigenvalue weighted by Crippen LogP contribution is 2.76. The summed E-state index contributed by atoms with van der Waals surface area (Å²) in [5.41, 5.74) is -0.948. The van der Waals surface area contributed by atoms with Gasteiger partial charge in [0, 0.05) is 0 Å². The maximum Gasteiger partial charge on any atom is 0.187 e. The van der Waals surface area contributed by atoms with E-state index in [9.17, 15) is 56.2 Å². The monoisotopic (exact) mass is 917 g/mol. The van der Waals surface area contributed by atoms with Crippen LogP contribution in [-0.2, 0) is 28.4 Å². The molecule has 17 nitrogen and oxygen atoms in total. The Kier molecular flexibility index (Phi) is 14.9. The molecule has 7 rings (SSSR count). The van der Waals surface area contributed by atoms with Gasteiger partial charge >= 0.3 is 0 Å². The van der Waals surface area contributed by atoms with Crippen LogP contribution in [0.25, 0.3) is 0 Å². The third-order valence-corrected chi connectivity index (χ3v) is 18.4. The van der Waals surface area contributed by atoms with Crippen LogP contribution in [0.2, 0.25) is 0 Å². The summed E-state index contributed by atoms with van der Waals surface area (Å²) in [5.74, 6) is -0.0478. The van der Waals surface area contributed by atoms with Crippen molar-refractivity contribution in [3.8, 4) is 0 Å². The second-order valence-corrected chi connectivity index (χ2v) is 22.5. The number of aliphatic hydroxyl groups is 11. The van der Waals surface area contributed by atoms with Gasteiger partial charge in [-0.25, -0.2) is 0 Å². The van der Waals surface area contributed by atoms with Crippen molar-refractivity contribution in [1.29, 1.82) is 0 Å². The van der Waals surface area contributed by atoms with Crippen molar-refractivity contribution in [3.63, 3.8) is 0 Å². The van der Waals surface area contributed by atoms with E-state index in [0.717, 1.165) is 37.7 Å². The van der Waals surface area contributed by atoms with Crippen molar-refractivity contribution in [3.05, 3.63) is 11.6 Å². The van der Waals surface area contributed by atoms with Crippen LogP contribution in [0.1, 0.15) is 113 Å². The summed E-state index contributed by atoms with van der Waals surface area (Å²) in [4.78, 5) is 0. The average molecular weight is 917 g/mol. The molecule has 0 spiro atoms. The molecule has 0 radical (unpaired) electrons. The molecule has 24 atom stereocenters. The van der Waals surface area contributed by atoms with Crippen molar-refractivity contribution in [2.24, 2.45) is 45.3 Å². The van der Waals surface area contributed by atoms with E-state index in [1.807, 2.05) is 20.8 Å². The van der Waals surface area contributed by atoms with Crippen LogP contribution in [0, 0.1) is 45.3 Å². The fourth-order valence-corrected chi connectivity index (χ4v) is 14.5. The molecule has 4 aliphatic carbocycles. The number of allylic oxidation sites excluding steroid dienone is 2. The Hall–Kier alpha value is -0.940. The Morgan fingerprint density at radius 1 is 0.672 bits per heavy atom. The first-order chi connectivity index (χ1) is 29.9. The summed E-state index contributed by atoms with van der Waals surface area (Å²) in [6.45, 7) is 16.3. The molecule has 0 aromatic carbocycles. The zero-order valence-corrected chi connectivity index (χ0v) is 39.0. The molecule has 7 aliphatic rings. The Balaban J connectivity index is 1.11. The molecule has 7 fully saturated rings. The number of hydrogen-bond acceptors (Lipinski definition) is 17. The largest absolute Gasteiger partial charge is 0.394 e. The second-order valence-electron chi connectivity index (χ2n) is 22.5. The highest BCUT2D eigenvalue weighted by molar-refractivity contribution is 5.20. The standard InChI is InChI=1S/C47H80O17/c1-22(2)10-9-14-47(8,64-42-39(58)36(55)34(53)27(62-42)21-60-40-37(56)32(51)25(50)20-59-40)23-11-16-46(7)31(23)24(49)18-29-44(5)15-13-30(43(3,4)28(44)12-17-45(29,46)6)63-41-38(57)35(54)33(52)26(19-48)61-41/h10,23-42,48-58H,9,11-21H2,1-8H3/t23?,24-,25-,26-,27-,28?,29?,30+,31?,32+,33-,34+,35+,36-,37-,38-,39-,40+,41-,42+,44-,45-,46-,47+/m1/s1. The van der Waals surface area contributed by atoms with E-state index in [4.69, 9.17) is 28.4 Å². The van der Waals surface area contributed by atoms with Crippen molar-refractivity contribution >= 4 is 0 Å². The molecule has 0 aromatic heterocycles. The molecule has 3 aliphatic heterocycles. The first-order valence-corrected chi connectivity index (χ1v) is 23.8. The van der Waals surface area contributed by atoms with Gasteiger partial charge in [-0.05, 0) is 124 Å². The van der Waals surface area contributed by atoms with E-state index < -0.39 is 116 Å². The quantitative estimate of drug-likeness (QED) is 0.0946. The summed E-state index contributed by atoms with van der Waals surface area (Å²) in [5, 5.41) is 118. The molecule has 3 heterocycles. The van der Waals surface area contributed by atoms with Crippen LogP contribution in [-0.4, -0.2) is 180 Å². The smallest absolute Gasteiger partial charge is 0.187 e. The highest BCUT2D eigenvalue weighted by Gasteiger charge is 2.72. The molecule has 4 saturated carbocycles. The van der Waals surface area contributed by atoms with E-state index >= 15 is 0 Å². The van der Waals surface area contributed by atoms with Crippen LogP contribution in [0.5, 0.6) is 0 Å². The molecule has 3 saturated heterocycles. The highest BCUT2D eigenvalue weighted by atomic mass is 16.7. The van der Waals surface area contributed by atoms with Gasteiger partial charge in [0.1, 0.15) is 67.1 Å². The predicted octanol–water partition coefficient (Wildman–Crippen LogP) is 0.612. The Morgan fingerprint density at radius 2 is 1.28 bits per heavy atom. The number of fused-ring (bicyclic) bond motifs is 5. The van der Waals surface area contributed by atoms with Gasteiger partial charge in [0.25, 0.3) is 0 Å². The summed E-state index contributed by atoms with van der Waals surface area (Å²) < 4.78 is 36.5. The predicted molar refractivity (Wildman–Crippen MR) is 228 cm³/mol. The van der Waals surface area contributed by atoms with Gasteiger partial charge in [-0.15, -0.1) is 0 Å². The molecule has 4 unspecified atom stereocenters. The third kappa shape index (κ3) is 8.60. The average Bonchev–Trinajstić information content (AvgIpc) is 3.62. The third-order valence-electron chi connectivity index (χ3n) is 18.4. The zero-order valence-electron chi connectivity index (χ0n) is 39.0. The fourth-order valence-electron chi connectivity index (χ4n) is 14.5. The topological polar surface area (TPSA) is 278 Å². The first kappa shape index (κ1) is 50.9. The van der Waals surface area contributed by atoms with Gasteiger partial charge in [0.05, 0.1) is 37.6 Å². The summed E-state index contributed by atoms with van der Waals surface area (Å²) >= 11 is 0. The molecule has 17 heteroatoms. The molecular weight excluding hydrogens is 836 g/mol. The minimum atomic E-state index is -1.68. The van der Waals surface area contributed by atoms with Gasteiger partial charge in [-0.2, -0.15) is 0 Å². The van der Waals surface area contributed by atoms with E-state index in [0.29, 0.717) is 25.7 Å². The minimum absolute atomic E-state index is 0.149. The lowest BCUT2D eigenvalue weighted by atomic mass is 9.35. The van der Waals surface area contributed by atoms with Crippen molar-refractivity contribution < 1.29 is 84.6 Å². The van der Waals surface area contributed by atoms with Gasteiger partial charge in [-0.3, -0.25) is 0 Å². The van der Waals surface area contributed by atoms with E-state index in [1.54, 1.807) is 0 Å². The van der Waals surface area contributed by atoms with Crippen molar-refractivity contribution in [1.82, 2.24) is 0 Å². The molecule has 64 heavy (non-hydrogen) atoms. The number of rotatable bonds is 12. The molecule has 11 N–H and O–H groups in total. The van der Waals surface area contributed by atoms with Crippen LogP contribution >= 0.6 is 0 Å². The normalized spacial score (nSPS) is 52.5. The second kappa shape index (κ2) is 18.8. The van der Waals surface area contributed by atoms with Crippen LogP contribution in [0.3, 0.4) is 0 Å². The molecular formula is C47H80O17. The SMILES string of the molecule is CC(C)=CCC[C@](C)(O[C@@H]1O[C@H](CO[C@@H]2OC[C@@H](O)[C@H](O)[C@H]2O)[C@H](O)[C@@H](O)[C@H]1O)C1CC[C@]2(C)C1[C@H](O)CC1[C@]3(C)CC[C@H](O[C@H]4O[C@H](CO)[C@@H](O)[C@H](O)[C@H]4O)C(C)(C)C3CC[C@]12C. The van der Waals surface area contributed by atoms with Crippen molar-refractivity contribution in [2.45, 2.75) is 217 Å². The lowest BCUT2D eigenvalue weighted by Gasteiger charge is -2.71. The van der Waals surface area contributed by atoms with E-state index in [1.165, 1.54) is 0 Å². The zero-order chi connectivity index (χ0) is 47.1. The fraction of sp³-hybridized carbons (Fsp3) is 0.957. The summed E-state index contributed by atoms with van der Waals surface area (Å²) in [6.07, 6.45) is -12.4. The van der Waals surface area contributed by atoms with Crippen LogP contribution < -0.4 is 0 Å². The summed E-state index contributed by atoms with van der Waals surface area (Å²) in [7, 11) is 0. The van der Waals surface area contributed by atoms with Crippen LogP contribution in [0.15, 0.2) is 11.6 Å². The minimum Gasteiger partial charge on any atom is -0.394 e. The molecule has 0 amide bonds. The molecule has 370 valence electrons. The maximum atomic E-state index is 12.7. The van der Waals surface area contributed by atoms with E-state index in [2.05, 4.69) is 40.7 Å². The first-order valence-electron chi connectivity index (χ1n) is 23.8. The van der Waals surface area contributed by atoms with Gasteiger partial charge < -0.3 is 84.6 Å². The number of hydrogen-bond donors (Lipinski definition) is 11. The Morgan fingerprint density at radius 3 is 1.94 bits per heavy atom. The maximum absolute atomic E-state index is 12.7.